The molecule has 1 saturated heterocycles. The molecule has 1 aromatic carbocycles. The number of nitrogens with one attached hydrogen (secondary N) is 1. The Balaban J connectivity index is 1.78. The highest BCUT2D eigenvalue weighted by atomic mass is 35.5. The molecule has 0 radical (unpaired) electrons. The van der Waals surface area contributed by atoms with Gasteiger partial charge in [-0.25, -0.2) is 9.97 Å². The standard InChI is InChI=1S/C19H21ClN4O2/c1-12-11-16(23-17(22-12)13-3-5-15(20)6-4-13)19(26)24-9-7-14(8-10-24)18(25)21-2/h3-6,11,14H,7-10H2,1-2H3,(H,21,25). The highest BCUT2D eigenvalue weighted by molar-refractivity contribution is 6.30. The van der Waals surface area contributed by atoms with Gasteiger partial charge in [-0.1, -0.05) is 11.6 Å². The number of rotatable bonds is 3. The molecular formula is C19H21ClN4O2. The number of aromatic nitrogens is 2. The third kappa shape index (κ3) is 4.02. The van der Waals surface area contributed by atoms with E-state index in [-0.39, 0.29) is 17.7 Å². The van der Waals surface area contributed by atoms with Crippen LogP contribution in [0, 0.1) is 12.8 Å². The van der Waals surface area contributed by atoms with Gasteiger partial charge in [-0.05, 0) is 50.1 Å². The average molecular weight is 373 g/mol. The van der Waals surface area contributed by atoms with Crippen molar-refractivity contribution in [3.8, 4) is 11.4 Å². The van der Waals surface area contributed by atoms with E-state index < -0.39 is 0 Å². The first-order valence-electron chi connectivity index (χ1n) is 8.60. The second-order valence-corrected chi connectivity index (χ2v) is 6.84. The molecule has 1 N–H and O–H groups in total. The van der Waals surface area contributed by atoms with Gasteiger partial charge < -0.3 is 10.2 Å². The molecule has 0 unspecified atom stereocenters. The Labute approximate surface area is 157 Å². The number of likely N-dealkylation sites (tertiary alicyclic amines) is 1. The first-order chi connectivity index (χ1) is 12.5. The van der Waals surface area contributed by atoms with Gasteiger partial charge in [0.05, 0.1) is 0 Å². The van der Waals surface area contributed by atoms with Crippen molar-refractivity contribution in [2.45, 2.75) is 19.8 Å². The summed E-state index contributed by atoms with van der Waals surface area (Å²) in [6.07, 6.45) is 1.33. The van der Waals surface area contributed by atoms with Crippen molar-refractivity contribution in [1.82, 2.24) is 20.2 Å². The molecule has 26 heavy (non-hydrogen) atoms. The van der Waals surface area contributed by atoms with Crippen LogP contribution in [-0.4, -0.2) is 46.8 Å². The molecular weight excluding hydrogens is 352 g/mol. The lowest BCUT2D eigenvalue weighted by molar-refractivity contribution is -0.125. The smallest absolute Gasteiger partial charge is 0.272 e. The van der Waals surface area contributed by atoms with E-state index in [0.717, 1.165) is 11.3 Å². The Kier molecular flexibility index (Phi) is 5.52. The zero-order valence-corrected chi connectivity index (χ0v) is 15.6. The fraction of sp³-hybridized carbons (Fsp3) is 0.368. The molecule has 1 fully saturated rings. The van der Waals surface area contributed by atoms with Crippen molar-refractivity contribution in [1.29, 1.82) is 0 Å². The Morgan fingerprint density at radius 3 is 2.42 bits per heavy atom. The van der Waals surface area contributed by atoms with E-state index in [1.165, 1.54) is 0 Å². The number of piperidine rings is 1. The Morgan fingerprint density at radius 1 is 1.15 bits per heavy atom. The molecule has 2 heterocycles. The summed E-state index contributed by atoms with van der Waals surface area (Å²) in [5.74, 6) is 0.396. The van der Waals surface area contributed by atoms with Crippen LogP contribution in [-0.2, 0) is 4.79 Å². The lowest BCUT2D eigenvalue weighted by Gasteiger charge is -2.31. The summed E-state index contributed by atoms with van der Waals surface area (Å²) in [6, 6.07) is 8.91. The SMILES string of the molecule is CNC(=O)C1CCN(C(=O)c2cc(C)nc(-c3ccc(Cl)cc3)n2)CC1. The number of amides is 2. The third-order valence-corrected chi connectivity index (χ3v) is 4.83. The van der Waals surface area contributed by atoms with Crippen LogP contribution in [0.4, 0.5) is 0 Å². The van der Waals surface area contributed by atoms with E-state index in [1.54, 1.807) is 30.1 Å². The highest BCUT2D eigenvalue weighted by Crippen LogP contribution is 2.22. The van der Waals surface area contributed by atoms with Gasteiger partial charge in [-0.3, -0.25) is 9.59 Å². The average Bonchev–Trinajstić information content (AvgIpc) is 2.67. The number of nitrogens with zero attached hydrogens (tertiary/aromatic N) is 3. The van der Waals surface area contributed by atoms with Crippen molar-refractivity contribution in [2.75, 3.05) is 20.1 Å². The second kappa shape index (κ2) is 7.83. The molecule has 1 aliphatic heterocycles. The van der Waals surface area contributed by atoms with E-state index in [4.69, 9.17) is 11.6 Å². The van der Waals surface area contributed by atoms with Gasteiger partial charge in [0.2, 0.25) is 5.91 Å². The minimum Gasteiger partial charge on any atom is -0.359 e. The lowest BCUT2D eigenvalue weighted by Crippen LogP contribution is -2.42. The first kappa shape index (κ1) is 18.3. The maximum Gasteiger partial charge on any atom is 0.272 e. The number of carbonyl (C=O) groups excluding carboxylic acids is 2. The molecule has 0 aliphatic carbocycles. The minimum atomic E-state index is -0.124. The molecule has 0 atom stereocenters. The predicted octanol–water partition coefficient (Wildman–Crippen LogP) is 2.70. The summed E-state index contributed by atoms with van der Waals surface area (Å²) in [6.45, 7) is 2.95. The van der Waals surface area contributed by atoms with Gasteiger partial charge in [0, 0.05) is 42.3 Å². The topological polar surface area (TPSA) is 75.2 Å². The van der Waals surface area contributed by atoms with E-state index >= 15 is 0 Å². The van der Waals surface area contributed by atoms with Crippen molar-refractivity contribution >= 4 is 23.4 Å². The Bertz CT molecular complexity index is 815. The number of carbonyl (C=O) groups is 2. The molecule has 7 heteroatoms. The molecule has 1 aromatic heterocycles. The molecule has 0 spiro atoms. The van der Waals surface area contributed by atoms with Gasteiger partial charge >= 0.3 is 0 Å². The summed E-state index contributed by atoms with van der Waals surface area (Å²) in [4.78, 5) is 35.2. The molecule has 1 aliphatic rings. The van der Waals surface area contributed by atoms with Gasteiger partial charge in [0.1, 0.15) is 5.69 Å². The second-order valence-electron chi connectivity index (χ2n) is 6.41. The van der Waals surface area contributed by atoms with Crippen molar-refractivity contribution in [3.63, 3.8) is 0 Å². The summed E-state index contributed by atoms with van der Waals surface area (Å²) >= 11 is 5.93. The summed E-state index contributed by atoms with van der Waals surface area (Å²) in [5, 5.41) is 3.31. The van der Waals surface area contributed by atoms with Crippen LogP contribution in [0.25, 0.3) is 11.4 Å². The largest absolute Gasteiger partial charge is 0.359 e. The van der Waals surface area contributed by atoms with Gasteiger partial charge in [0.15, 0.2) is 5.82 Å². The lowest BCUT2D eigenvalue weighted by atomic mass is 9.96. The van der Waals surface area contributed by atoms with Crippen LogP contribution >= 0.6 is 11.6 Å². The number of aryl methyl sites for hydroxylation is 1. The highest BCUT2D eigenvalue weighted by Gasteiger charge is 2.28. The molecule has 2 amide bonds. The van der Waals surface area contributed by atoms with E-state index in [1.807, 2.05) is 19.1 Å². The van der Waals surface area contributed by atoms with Crippen LogP contribution in [0.5, 0.6) is 0 Å². The number of hydrogen-bond donors (Lipinski definition) is 1. The molecule has 2 aromatic rings. The molecule has 0 saturated carbocycles. The van der Waals surface area contributed by atoms with E-state index in [9.17, 15) is 9.59 Å². The maximum atomic E-state index is 12.8. The number of hydrogen-bond acceptors (Lipinski definition) is 4. The van der Waals surface area contributed by atoms with Gasteiger partial charge in [-0.15, -0.1) is 0 Å². The van der Waals surface area contributed by atoms with Crippen molar-refractivity contribution in [2.24, 2.45) is 5.92 Å². The Hall–Kier alpha value is -2.47. The monoisotopic (exact) mass is 372 g/mol. The maximum absolute atomic E-state index is 12.8. The van der Waals surface area contributed by atoms with Gasteiger partial charge in [0.25, 0.3) is 5.91 Å². The normalized spacial score (nSPS) is 15.0. The molecule has 6 nitrogen and oxygen atoms in total. The zero-order chi connectivity index (χ0) is 18.7. The van der Waals surface area contributed by atoms with Crippen LogP contribution in [0.15, 0.2) is 30.3 Å². The van der Waals surface area contributed by atoms with Crippen LogP contribution in [0.3, 0.4) is 0 Å². The third-order valence-electron chi connectivity index (χ3n) is 4.58. The number of halogens is 1. The quantitative estimate of drug-likeness (QED) is 0.898. The first-order valence-corrected chi connectivity index (χ1v) is 8.98. The van der Waals surface area contributed by atoms with E-state index in [0.29, 0.717) is 42.5 Å². The van der Waals surface area contributed by atoms with Gasteiger partial charge in [-0.2, -0.15) is 0 Å². The van der Waals surface area contributed by atoms with Crippen LogP contribution < -0.4 is 5.32 Å². The predicted molar refractivity (Wildman–Crippen MR) is 99.9 cm³/mol. The Morgan fingerprint density at radius 2 is 1.81 bits per heavy atom. The molecule has 0 bridgehead atoms. The fourth-order valence-electron chi connectivity index (χ4n) is 3.12. The molecule has 136 valence electrons. The molecule has 3 rings (SSSR count). The van der Waals surface area contributed by atoms with E-state index in [2.05, 4.69) is 15.3 Å². The zero-order valence-electron chi connectivity index (χ0n) is 14.8. The van der Waals surface area contributed by atoms with Crippen LogP contribution in [0.1, 0.15) is 29.0 Å². The van der Waals surface area contributed by atoms with Crippen molar-refractivity contribution in [3.05, 3.63) is 46.7 Å². The summed E-state index contributed by atoms with van der Waals surface area (Å²) in [5.41, 5.74) is 1.92. The number of benzene rings is 1. The summed E-state index contributed by atoms with van der Waals surface area (Å²) < 4.78 is 0. The minimum absolute atomic E-state index is 0.0270. The fourth-order valence-corrected chi connectivity index (χ4v) is 3.24. The van der Waals surface area contributed by atoms with Crippen LogP contribution in [0.2, 0.25) is 5.02 Å². The summed E-state index contributed by atoms with van der Waals surface area (Å²) in [7, 11) is 1.64. The van der Waals surface area contributed by atoms with Crippen molar-refractivity contribution < 1.29 is 9.59 Å².